The van der Waals surface area contributed by atoms with Crippen LogP contribution in [0.2, 0.25) is 0 Å². The first-order chi connectivity index (χ1) is 10.9. The molecule has 0 atom stereocenters. The van der Waals surface area contributed by atoms with E-state index in [9.17, 15) is 8.42 Å². The molecule has 0 unspecified atom stereocenters. The third kappa shape index (κ3) is 5.51. The first-order valence-corrected chi connectivity index (χ1v) is 9.48. The smallest absolute Gasteiger partial charge is 0.304 e. The summed E-state index contributed by atoms with van der Waals surface area (Å²) in [5, 5.41) is 1.59. The van der Waals surface area contributed by atoms with Gasteiger partial charge in [0.25, 0.3) is 0 Å². The van der Waals surface area contributed by atoms with Crippen molar-refractivity contribution >= 4 is 32.8 Å². The number of benzene rings is 1. The summed E-state index contributed by atoms with van der Waals surface area (Å²) in [5.41, 5.74) is 7.77. The van der Waals surface area contributed by atoms with Crippen molar-refractivity contribution in [2.24, 2.45) is 0 Å². The zero-order chi connectivity index (χ0) is 16.9. The van der Waals surface area contributed by atoms with Crippen molar-refractivity contribution in [1.82, 2.24) is 4.90 Å². The summed E-state index contributed by atoms with van der Waals surface area (Å²) in [6, 6.07) is 11.0. The number of likely N-dealkylation sites (N-methyl/N-ethyl adjacent to an activating group) is 1. The predicted octanol–water partition coefficient (Wildman–Crippen LogP) is 2.02. The Hall–Kier alpha value is -1.61. The van der Waals surface area contributed by atoms with Crippen molar-refractivity contribution < 1.29 is 13.0 Å². The Morgan fingerprint density at radius 2 is 1.70 bits per heavy atom. The lowest BCUT2D eigenvalue weighted by Gasteiger charge is -2.34. The highest BCUT2D eigenvalue weighted by Crippen LogP contribution is 2.17. The molecule has 0 spiro atoms. The summed E-state index contributed by atoms with van der Waals surface area (Å²) in [6.45, 7) is 4.51. The van der Waals surface area contributed by atoms with Crippen molar-refractivity contribution in [3.8, 4) is 0 Å². The maximum absolute atomic E-state index is 10.3. The summed E-state index contributed by atoms with van der Waals surface area (Å²) < 4.78 is 28.9. The average molecular weight is 355 g/mol. The molecule has 8 heteroatoms. The fourth-order valence-corrected chi connectivity index (χ4v) is 3.51. The van der Waals surface area contributed by atoms with E-state index in [1.54, 1.807) is 11.4 Å². The third-order valence-electron chi connectivity index (χ3n) is 3.51. The van der Waals surface area contributed by atoms with Crippen LogP contribution in [0, 0.1) is 0 Å². The molecule has 1 aliphatic heterocycles. The summed E-state index contributed by atoms with van der Waals surface area (Å²) in [6.07, 6.45) is 0. The topological polar surface area (TPSA) is 86.9 Å². The van der Waals surface area contributed by atoms with Crippen LogP contribution in [-0.4, -0.2) is 51.1 Å². The molecule has 0 saturated carbocycles. The van der Waals surface area contributed by atoms with Gasteiger partial charge in [-0.1, -0.05) is 6.07 Å². The molecular weight excluding hydrogens is 334 g/mol. The zero-order valence-electron chi connectivity index (χ0n) is 12.9. The van der Waals surface area contributed by atoms with E-state index < -0.39 is 10.1 Å². The van der Waals surface area contributed by atoms with E-state index in [4.69, 9.17) is 10.3 Å². The van der Waals surface area contributed by atoms with Gasteiger partial charge in [0.05, 0.1) is 0 Å². The van der Waals surface area contributed by atoms with E-state index >= 15 is 0 Å². The molecule has 0 aliphatic carbocycles. The van der Waals surface area contributed by atoms with Gasteiger partial charge in [0.2, 0.25) is 0 Å². The highest BCUT2D eigenvalue weighted by atomic mass is 32.3. The normalized spacial score (nSPS) is 15.8. The van der Waals surface area contributed by atoms with Gasteiger partial charge >= 0.3 is 10.1 Å². The minimum atomic E-state index is -3.94. The van der Waals surface area contributed by atoms with Crippen LogP contribution >= 0.6 is 11.3 Å². The number of nitrogen functional groups attached to an aromatic ring is 1. The Morgan fingerprint density at radius 3 is 2.13 bits per heavy atom. The van der Waals surface area contributed by atoms with Gasteiger partial charge in [0.1, 0.15) is 4.21 Å². The van der Waals surface area contributed by atoms with Crippen molar-refractivity contribution in [3.63, 3.8) is 0 Å². The predicted molar refractivity (Wildman–Crippen MR) is 94.7 cm³/mol. The van der Waals surface area contributed by atoms with Gasteiger partial charge in [-0.05, 0) is 42.8 Å². The molecule has 3 N–H and O–H groups in total. The highest BCUT2D eigenvalue weighted by molar-refractivity contribution is 7.88. The number of piperazine rings is 1. The van der Waals surface area contributed by atoms with Gasteiger partial charge in [-0.3, -0.25) is 4.55 Å². The molecule has 126 valence electrons. The minimum Gasteiger partial charge on any atom is -0.399 e. The number of thiophene rings is 1. The first-order valence-electron chi connectivity index (χ1n) is 7.16. The van der Waals surface area contributed by atoms with E-state index in [1.807, 2.05) is 12.1 Å². The van der Waals surface area contributed by atoms with Crippen molar-refractivity contribution in [3.05, 3.63) is 41.8 Å². The van der Waals surface area contributed by atoms with Gasteiger partial charge in [0, 0.05) is 37.6 Å². The quantitative estimate of drug-likeness (QED) is 0.633. The van der Waals surface area contributed by atoms with E-state index in [2.05, 4.69) is 29.0 Å². The molecule has 2 heterocycles. The van der Waals surface area contributed by atoms with Crippen LogP contribution in [0.25, 0.3) is 0 Å². The summed E-state index contributed by atoms with van der Waals surface area (Å²) >= 11 is 0.992. The van der Waals surface area contributed by atoms with Gasteiger partial charge in [-0.15, -0.1) is 11.3 Å². The molecular formula is C15H21N3O3S2. The molecule has 1 aromatic heterocycles. The van der Waals surface area contributed by atoms with Gasteiger partial charge in [0.15, 0.2) is 0 Å². The Morgan fingerprint density at radius 1 is 1.09 bits per heavy atom. The summed E-state index contributed by atoms with van der Waals surface area (Å²) in [4.78, 5) is 4.76. The van der Waals surface area contributed by atoms with Crippen molar-refractivity contribution in [1.29, 1.82) is 0 Å². The van der Waals surface area contributed by atoms with E-state index in [0.717, 1.165) is 43.2 Å². The second kappa shape index (κ2) is 7.78. The molecule has 1 fully saturated rings. The van der Waals surface area contributed by atoms with Crippen LogP contribution in [-0.2, 0) is 10.1 Å². The molecule has 0 bridgehead atoms. The Kier molecular flexibility index (Phi) is 6.00. The monoisotopic (exact) mass is 355 g/mol. The third-order valence-corrected chi connectivity index (χ3v) is 5.74. The standard InChI is InChI=1S/C11H17N3.C4H4O3S2/c1-13-6-8-14(9-7-13)11-4-2-10(12)3-5-11;5-9(6,7)4-2-1-3-8-4/h2-5H,6-9,12H2,1H3;1-3H,(H,5,6,7). The van der Waals surface area contributed by atoms with E-state index in [1.165, 1.54) is 11.8 Å². The average Bonchev–Trinajstić information content (AvgIpc) is 3.04. The Labute approximate surface area is 140 Å². The van der Waals surface area contributed by atoms with E-state index in [0.29, 0.717) is 0 Å². The number of rotatable bonds is 2. The van der Waals surface area contributed by atoms with Crippen LogP contribution in [0.3, 0.4) is 0 Å². The van der Waals surface area contributed by atoms with Gasteiger partial charge in [-0.25, -0.2) is 0 Å². The second-order valence-corrected chi connectivity index (χ2v) is 7.89. The lowest BCUT2D eigenvalue weighted by molar-refractivity contribution is 0.313. The second-order valence-electron chi connectivity index (χ2n) is 5.29. The minimum absolute atomic E-state index is 0.0116. The molecule has 1 aromatic carbocycles. The fourth-order valence-electron chi connectivity index (χ4n) is 2.16. The molecule has 1 aliphatic rings. The maximum Gasteiger partial charge on any atom is 0.304 e. The number of nitrogens with zero attached hydrogens (tertiary/aromatic N) is 2. The lowest BCUT2D eigenvalue weighted by atomic mass is 10.2. The van der Waals surface area contributed by atoms with Crippen LogP contribution < -0.4 is 10.6 Å². The molecule has 2 aromatic rings. The Bertz CT molecular complexity index is 692. The molecule has 23 heavy (non-hydrogen) atoms. The zero-order valence-corrected chi connectivity index (χ0v) is 14.6. The molecule has 6 nitrogen and oxygen atoms in total. The number of anilines is 2. The van der Waals surface area contributed by atoms with Crippen molar-refractivity contribution in [2.45, 2.75) is 4.21 Å². The van der Waals surface area contributed by atoms with Crippen LogP contribution in [0.1, 0.15) is 0 Å². The largest absolute Gasteiger partial charge is 0.399 e. The van der Waals surface area contributed by atoms with Gasteiger partial charge in [-0.2, -0.15) is 8.42 Å². The van der Waals surface area contributed by atoms with Gasteiger partial charge < -0.3 is 15.5 Å². The van der Waals surface area contributed by atoms with Crippen LogP contribution in [0.5, 0.6) is 0 Å². The summed E-state index contributed by atoms with van der Waals surface area (Å²) in [7, 11) is -1.77. The van der Waals surface area contributed by atoms with Crippen LogP contribution in [0.15, 0.2) is 46.0 Å². The fraction of sp³-hybridized carbons (Fsp3) is 0.333. The molecule has 0 radical (unpaired) electrons. The van der Waals surface area contributed by atoms with Crippen LogP contribution in [0.4, 0.5) is 11.4 Å². The lowest BCUT2D eigenvalue weighted by Crippen LogP contribution is -2.44. The number of hydrogen-bond acceptors (Lipinski definition) is 6. The summed E-state index contributed by atoms with van der Waals surface area (Å²) in [5.74, 6) is 0. The molecule has 1 saturated heterocycles. The van der Waals surface area contributed by atoms with Crippen molar-refractivity contribution in [2.75, 3.05) is 43.9 Å². The Balaban J connectivity index is 0.000000185. The molecule has 3 rings (SSSR count). The SMILES string of the molecule is CN1CCN(c2ccc(N)cc2)CC1.O=S(=O)(O)c1cccs1. The van der Waals surface area contributed by atoms with E-state index in [-0.39, 0.29) is 4.21 Å². The maximum atomic E-state index is 10.3. The molecule has 0 amide bonds. The number of hydrogen-bond donors (Lipinski definition) is 2. The first kappa shape index (κ1) is 17.7. The number of nitrogens with two attached hydrogens (primary N) is 1. The highest BCUT2D eigenvalue weighted by Gasteiger charge is 2.13.